The number of hydrogen-bond acceptors (Lipinski definition) is 4. The Morgan fingerprint density at radius 2 is 2.21 bits per heavy atom. The van der Waals surface area contributed by atoms with Gasteiger partial charge >= 0.3 is 0 Å². The van der Waals surface area contributed by atoms with E-state index in [0.29, 0.717) is 5.75 Å². The monoisotopic (exact) mass is 304 g/mol. The maximum atomic E-state index is 11.8. The van der Waals surface area contributed by atoms with E-state index in [4.69, 9.17) is 10.5 Å². The molecule has 0 atom stereocenters. The maximum Gasteiger partial charge on any atom is 0.296 e. The number of benzene rings is 1. The Kier molecular flexibility index (Phi) is 5.48. The molecule has 0 fully saturated rings. The maximum absolute atomic E-state index is 11.8. The van der Waals surface area contributed by atoms with Crippen LogP contribution in [0.25, 0.3) is 0 Å². The topological polar surface area (TPSA) is 96.7 Å². The summed E-state index contributed by atoms with van der Waals surface area (Å²) in [6.45, 7) is 0.186. The van der Waals surface area contributed by atoms with E-state index < -0.39 is 10.2 Å². The van der Waals surface area contributed by atoms with Gasteiger partial charge in [0.25, 0.3) is 10.2 Å². The molecular formula is C10H16N4O3S2. The number of nitrogens with two attached hydrogens (primary N) is 1. The van der Waals surface area contributed by atoms with Crippen molar-refractivity contribution in [1.82, 2.24) is 14.6 Å². The molecule has 0 heterocycles. The van der Waals surface area contributed by atoms with Gasteiger partial charge in [-0.15, -0.1) is 4.83 Å². The molecule has 9 heteroatoms. The van der Waals surface area contributed by atoms with Gasteiger partial charge in [-0.1, -0.05) is 12.1 Å². The highest BCUT2D eigenvalue weighted by molar-refractivity contribution is 7.87. The predicted octanol–water partition coefficient (Wildman–Crippen LogP) is -0.290. The van der Waals surface area contributed by atoms with Crippen molar-refractivity contribution in [2.24, 2.45) is 5.73 Å². The molecule has 0 spiro atoms. The summed E-state index contributed by atoms with van der Waals surface area (Å²) in [6, 6.07) is 7.13. The van der Waals surface area contributed by atoms with E-state index in [9.17, 15) is 8.42 Å². The van der Waals surface area contributed by atoms with Crippen LogP contribution in [0.15, 0.2) is 24.3 Å². The fraction of sp³-hybridized carbons (Fsp3) is 0.300. The Hall–Kier alpha value is -1.42. The summed E-state index contributed by atoms with van der Waals surface area (Å²) in [4.78, 5) is 2.06. The molecule has 0 unspecified atom stereocenters. The molecule has 106 valence electrons. The van der Waals surface area contributed by atoms with Crippen LogP contribution in [-0.2, 0) is 16.8 Å². The van der Waals surface area contributed by atoms with Gasteiger partial charge in [-0.2, -0.15) is 12.7 Å². The Labute approximate surface area is 117 Å². The molecular weight excluding hydrogens is 288 g/mol. The zero-order chi connectivity index (χ0) is 14.5. The smallest absolute Gasteiger partial charge is 0.296 e. The first-order valence-corrected chi connectivity index (χ1v) is 7.11. The van der Waals surface area contributed by atoms with Gasteiger partial charge in [-0.05, 0) is 29.9 Å². The van der Waals surface area contributed by atoms with Crippen molar-refractivity contribution in [3.8, 4) is 5.75 Å². The first-order valence-electron chi connectivity index (χ1n) is 5.26. The minimum atomic E-state index is -3.71. The van der Waals surface area contributed by atoms with Gasteiger partial charge in [0.2, 0.25) is 0 Å². The van der Waals surface area contributed by atoms with Crippen LogP contribution in [0.1, 0.15) is 5.56 Å². The first-order chi connectivity index (χ1) is 8.85. The summed E-state index contributed by atoms with van der Waals surface area (Å²) in [5.74, 6) is 0.664. The van der Waals surface area contributed by atoms with Crippen molar-refractivity contribution in [3.63, 3.8) is 0 Å². The third-order valence-corrected chi connectivity index (χ3v) is 3.66. The second-order valence-electron chi connectivity index (χ2n) is 3.70. The molecule has 0 saturated carbocycles. The molecule has 19 heavy (non-hydrogen) atoms. The molecule has 1 aromatic carbocycles. The summed E-state index contributed by atoms with van der Waals surface area (Å²) in [5.41, 5.74) is 8.12. The summed E-state index contributed by atoms with van der Waals surface area (Å²) in [5, 5.41) is -0.154. The molecule has 0 aliphatic rings. The minimum Gasteiger partial charge on any atom is -0.497 e. The summed E-state index contributed by atoms with van der Waals surface area (Å²) in [6.07, 6.45) is 0. The van der Waals surface area contributed by atoms with Crippen molar-refractivity contribution >= 4 is 27.5 Å². The zero-order valence-corrected chi connectivity index (χ0v) is 12.2. The van der Waals surface area contributed by atoms with Crippen LogP contribution in [0.4, 0.5) is 0 Å². The highest BCUT2D eigenvalue weighted by Gasteiger charge is 2.17. The normalized spacial score (nSPS) is 11.3. The van der Waals surface area contributed by atoms with E-state index in [1.165, 1.54) is 7.05 Å². The molecule has 0 aromatic heterocycles. The lowest BCUT2D eigenvalue weighted by Gasteiger charge is -2.18. The second kappa shape index (κ2) is 6.66. The van der Waals surface area contributed by atoms with Crippen LogP contribution in [0.2, 0.25) is 0 Å². The average Bonchev–Trinajstić information content (AvgIpc) is 2.36. The van der Waals surface area contributed by atoms with E-state index in [2.05, 4.69) is 22.5 Å². The largest absolute Gasteiger partial charge is 0.497 e. The number of hydrogen-bond donors (Lipinski definition) is 3. The van der Waals surface area contributed by atoms with E-state index in [1.54, 1.807) is 31.4 Å². The molecule has 0 radical (unpaired) electrons. The Bertz CT molecular complexity index is 547. The Balaban J connectivity index is 2.72. The van der Waals surface area contributed by atoms with Gasteiger partial charge in [-0.3, -0.25) is 5.43 Å². The number of nitrogens with zero attached hydrogens (tertiary/aromatic N) is 1. The molecule has 0 aliphatic heterocycles. The first kappa shape index (κ1) is 15.6. The van der Waals surface area contributed by atoms with Crippen LogP contribution in [0.3, 0.4) is 0 Å². The average molecular weight is 304 g/mol. The minimum absolute atomic E-state index is 0.154. The van der Waals surface area contributed by atoms with E-state index >= 15 is 0 Å². The van der Waals surface area contributed by atoms with Crippen LogP contribution in [0.5, 0.6) is 5.75 Å². The van der Waals surface area contributed by atoms with Crippen LogP contribution >= 0.6 is 12.2 Å². The quantitative estimate of drug-likeness (QED) is 0.494. The van der Waals surface area contributed by atoms with Gasteiger partial charge in [0.1, 0.15) is 5.75 Å². The molecule has 7 nitrogen and oxygen atoms in total. The van der Waals surface area contributed by atoms with Crippen LogP contribution < -0.4 is 20.7 Å². The molecule has 1 rings (SSSR count). The van der Waals surface area contributed by atoms with Gasteiger partial charge in [0.05, 0.1) is 7.11 Å². The molecule has 0 amide bonds. The number of thiocarbonyl (C=S) groups is 1. The SMILES string of the molecule is COc1cccc(CN(C)S(=O)(=O)NNC(N)=S)c1. The van der Waals surface area contributed by atoms with Crippen LogP contribution in [0, 0.1) is 0 Å². The van der Waals surface area contributed by atoms with Crippen molar-refractivity contribution in [3.05, 3.63) is 29.8 Å². The molecule has 0 bridgehead atoms. The highest BCUT2D eigenvalue weighted by Crippen LogP contribution is 2.14. The Morgan fingerprint density at radius 3 is 2.79 bits per heavy atom. The van der Waals surface area contributed by atoms with Gasteiger partial charge in [0.15, 0.2) is 5.11 Å². The zero-order valence-electron chi connectivity index (χ0n) is 10.6. The molecule has 0 saturated heterocycles. The predicted molar refractivity (Wildman–Crippen MR) is 76.4 cm³/mol. The van der Waals surface area contributed by atoms with Crippen molar-refractivity contribution < 1.29 is 13.2 Å². The number of methoxy groups -OCH3 is 1. The number of hydrazine groups is 1. The van der Waals surface area contributed by atoms with E-state index in [0.717, 1.165) is 9.87 Å². The van der Waals surface area contributed by atoms with Gasteiger partial charge in [0, 0.05) is 13.6 Å². The third kappa shape index (κ3) is 4.99. The molecule has 4 N–H and O–H groups in total. The summed E-state index contributed by atoms with van der Waals surface area (Å²) >= 11 is 4.52. The number of ether oxygens (including phenoxy) is 1. The Morgan fingerprint density at radius 1 is 1.53 bits per heavy atom. The standard InChI is InChI=1S/C10H16N4O3S2/c1-14(19(15,16)13-12-10(11)18)7-8-4-3-5-9(6-8)17-2/h3-6,13H,7H2,1-2H3,(H3,11,12,18). The van der Waals surface area contributed by atoms with Gasteiger partial charge in [-0.25, -0.2) is 0 Å². The van der Waals surface area contributed by atoms with E-state index in [1.807, 2.05) is 0 Å². The molecule has 1 aromatic rings. The van der Waals surface area contributed by atoms with Crippen molar-refractivity contribution in [2.75, 3.05) is 14.2 Å². The summed E-state index contributed by atoms with van der Waals surface area (Å²) in [7, 11) is -0.727. The van der Waals surface area contributed by atoms with Crippen molar-refractivity contribution in [1.29, 1.82) is 0 Å². The number of nitrogens with one attached hydrogen (secondary N) is 2. The fourth-order valence-electron chi connectivity index (χ4n) is 1.31. The fourth-order valence-corrected chi connectivity index (χ4v) is 2.14. The second-order valence-corrected chi connectivity index (χ2v) is 5.92. The van der Waals surface area contributed by atoms with Crippen LogP contribution in [-0.4, -0.2) is 32.0 Å². The lowest BCUT2D eigenvalue weighted by atomic mass is 10.2. The highest BCUT2D eigenvalue weighted by atomic mass is 32.2. The molecule has 0 aliphatic carbocycles. The van der Waals surface area contributed by atoms with E-state index in [-0.39, 0.29) is 11.7 Å². The third-order valence-electron chi connectivity index (χ3n) is 2.25. The van der Waals surface area contributed by atoms with Crippen molar-refractivity contribution in [2.45, 2.75) is 6.54 Å². The lowest BCUT2D eigenvalue weighted by Crippen LogP contribution is -2.49. The number of rotatable bonds is 6. The summed E-state index contributed by atoms with van der Waals surface area (Å²) < 4.78 is 29.8. The lowest BCUT2D eigenvalue weighted by molar-refractivity contribution is 0.412. The van der Waals surface area contributed by atoms with Gasteiger partial charge < -0.3 is 10.5 Å².